The molecule has 0 saturated heterocycles. The molecule has 2 N–H and O–H groups in total. The van der Waals surface area contributed by atoms with Gasteiger partial charge in [0.05, 0.1) is 5.69 Å². The Kier molecular flexibility index (Phi) is 4.52. The Balaban J connectivity index is 1.80. The summed E-state index contributed by atoms with van der Waals surface area (Å²) in [4.78, 5) is 7.95. The molecule has 0 unspecified atom stereocenters. The van der Waals surface area contributed by atoms with Gasteiger partial charge in [-0.25, -0.2) is 23.1 Å². The Labute approximate surface area is 140 Å². The van der Waals surface area contributed by atoms with E-state index in [4.69, 9.17) is 11.6 Å². The Morgan fingerprint density at radius 1 is 0.792 bits per heavy atom. The summed E-state index contributed by atoms with van der Waals surface area (Å²) < 4.78 is 39.9. The largest absolute Gasteiger partial charge is 0.340 e. The highest BCUT2D eigenvalue weighted by Crippen LogP contribution is 2.24. The second-order valence-corrected chi connectivity index (χ2v) is 5.20. The number of halogens is 4. The molecular formula is C16H10ClF3N4. The molecule has 0 spiro atoms. The van der Waals surface area contributed by atoms with Gasteiger partial charge in [0.15, 0.2) is 17.5 Å². The van der Waals surface area contributed by atoms with Crippen LogP contribution < -0.4 is 10.6 Å². The number of hydrogen-bond donors (Lipinski definition) is 2. The quantitative estimate of drug-likeness (QED) is 0.648. The molecule has 3 aromatic rings. The van der Waals surface area contributed by atoms with E-state index in [-0.39, 0.29) is 11.5 Å². The van der Waals surface area contributed by atoms with Gasteiger partial charge in [0, 0.05) is 16.8 Å². The third-order valence-electron chi connectivity index (χ3n) is 3.08. The molecule has 0 aliphatic carbocycles. The molecule has 0 aliphatic heterocycles. The lowest BCUT2D eigenvalue weighted by molar-refractivity contribution is 0.449. The fraction of sp³-hybridized carbons (Fsp3) is 0. The lowest BCUT2D eigenvalue weighted by Crippen LogP contribution is -2.02. The van der Waals surface area contributed by atoms with Gasteiger partial charge in [-0.3, -0.25) is 0 Å². The van der Waals surface area contributed by atoms with E-state index in [0.29, 0.717) is 10.8 Å². The lowest BCUT2D eigenvalue weighted by atomic mass is 10.2. The van der Waals surface area contributed by atoms with Crippen LogP contribution in [0.5, 0.6) is 0 Å². The van der Waals surface area contributed by atoms with Gasteiger partial charge >= 0.3 is 0 Å². The monoisotopic (exact) mass is 350 g/mol. The van der Waals surface area contributed by atoms with Crippen LogP contribution >= 0.6 is 11.6 Å². The van der Waals surface area contributed by atoms with E-state index in [2.05, 4.69) is 20.6 Å². The number of hydrogen-bond acceptors (Lipinski definition) is 4. The van der Waals surface area contributed by atoms with Crippen LogP contribution in [-0.2, 0) is 0 Å². The maximum Gasteiger partial charge on any atom is 0.196 e. The molecule has 0 fully saturated rings. The van der Waals surface area contributed by atoms with Crippen LogP contribution in [-0.4, -0.2) is 9.97 Å². The van der Waals surface area contributed by atoms with Crippen LogP contribution in [0.3, 0.4) is 0 Å². The van der Waals surface area contributed by atoms with E-state index in [1.807, 2.05) is 0 Å². The molecule has 0 aliphatic rings. The van der Waals surface area contributed by atoms with Gasteiger partial charge in [-0.2, -0.15) is 0 Å². The molecule has 2 aromatic carbocycles. The van der Waals surface area contributed by atoms with Crippen LogP contribution in [0, 0.1) is 17.5 Å². The minimum atomic E-state index is -1.55. The van der Waals surface area contributed by atoms with Gasteiger partial charge < -0.3 is 10.6 Å². The summed E-state index contributed by atoms with van der Waals surface area (Å²) in [5.41, 5.74) is 0.508. The van der Waals surface area contributed by atoms with Gasteiger partial charge in [-0.15, -0.1) is 0 Å². The summed E-state index contributed by atoms with van der Waals surface area (Å²) in [6, 6.07) is 10.3. The van der Waals surface area contributed by atoms with Gasteiger partial charge in [-0.05, 0) is 36.4 Å². The van der Waals surface area contributed by atoms with E-state index in [9.17, 15) is 13.2 Å². The van der Waals surface area contributed by atoms with Gasteiger partial charge in [0.25, 0.3) is 0 Å². The summed E-state index contributed by atoms with van der Waals surface area (Å²) in [5, 5.41) is 6.19. The number of nitrogens with zero attached hydrogens (tertiary/aromatic N) is 2. The Bertz CT molecular complexity index is 872. The molecular weight excluding hydrogens is 341 g/mol. The third kappa shape index (κ3) is 3.57. The highest BCUT2D eigenvalue weighted by Gasteiger charge is 2.13. The number of benzene rings is 2. The summed E-state index contributed by atoms with van der Waals surface area (Å²) in [6.45, 7) is 0. The smallest absolute Gasteiger partial charge is 0.196 e. The molecule has 1 aromatic heterocycles. The first-order chi connectivity index (χ1) is 11.5. The minimum absolute atomic E-state index is 0.214. The van der Waals surface area contributed by atoms with Crippen molar-refractivity contribution in [3.8, 4) is 0 Å². The highest BCUT2D eigenvalue weighted by atomic mass is 35.5. The van der Waals surface area contributed by atoms with Crippen molar-refractivity contribution in [3.63, 3.8) is 0 Å². The fourth-order valence-corrected chi connectivity index (χ4v) is 2.06. The molecule has 8 heteroatoms. The Morgan fingerprint density at radius 2 is 1.46 bits per heavy atom. The van der Waals surface area contributed by atoms with E-state index >= 15 is 0 Å². The maximum atomic E-state index is 13.7. The molecule has 0 amide bonds. The van der Waals surface area contributed by atoms with E-state index in [0.717, 1.165) is 17.8 Å². The van der Waals surface area contributed by atoms with Crippen molar-refractivity contribution in [1.82, 2.24) is 9.97 Å². The van der Waals surface area contributed by atoms with Crippen LogP contribution in [0.4, 0.5) is 36.2 Å². The molecule has 0 radical (unpaired) electrons. The van der Waals surface area contributed by atoms with Gasteiger partial charge in [-0.1, -0.05) is 11.6 Å². The summed E-state index contributed by atoms with van der Waals surface area (Å²) in [6.07, 6.45) is 1.25. The normalized spacial score (nSPS) is 10.5. The van der Waals surface area contributed by atoms with Crippen molar-refractivity contribution < 1.29 is 13.2 Å². The topological polar surface area (TPSA) is 49.8 Å². The summed E-state index contributed by atoms with van der Waals surface area (Å²) in [7, 11) is 0. The molecule has 122 valence electrons. The molecule has 0 atom stereocenters. The van der Waals surface area contributed by atoms with Crippen molar-refractivity contribution >= 4 is 34.6 Å². The second-order valence-electron chi connectivity index (χ2n) is 4.77. The van der Waals surface area contributed by atoms with Crippen molar-refractivity contribution in [2.45, 2.75) is 0 Å². The average Bonchev–Trinajstić information content (AvgIpc) is 2.58. The minimum Gasteiger partial charge on any atom is -0.340 e. The number of rotatable bonds is 4. The molecule has 4 nitrogen and oxygen atoms in total. The predicted octanol–water partition coefficient (Wildman–Crippen LogP) is 5.03. The highest BCUT2D eigenvalue weighted by molar-refractivity contribution is 6.30. The zero-order valence-electron chi connectivity index (χ0n) is 12.0. The van der Waals surface area contributed by atoms with E-state index in [1.165, 1.54) is 12.4 Å². The lowest BCUT2D eigenvalue weighted by Gasteiger charge is -2.10. The van der Waals surface area contributed by atoms with E-state index < -0.39 is 17.5 Å². The maximum absolute atomic E-state index is 13.7. The number of nitrogens with one attached hydrogen (secondary N) is 2. The van der Waals surface area contributed by atoms with Crippen LogP contribution in [0.15, 0.2) is 48.8 Å². The fourth-order valence-electron chi connectivity index (χ4n) is 1.94. The number of anilines is 4. The van der Waals surface area contributed by atoms with Crippen LogP contribution in [0.1, 0.15) is 0 Å². The second kappa shape index (κ2) is 6.76. The van der Waals surface area contributed by atoms with E-state index in [1.54, 1.807) is 24.3 Å². The van der Waals surface area contributed by atoms with Gasteiger partial charge in [0.1, 0.15) is 18.0 Å². The molecule has 24 heavy (non-hydrogen) atoms. The van der Waals surface area contributed by atoms with Crippen molar-refractivity contribution in [3.05, 3.63) is 71.3 Å². The van der Waals surface area contributed by atoms with Crippen molar-refractivity contribution in [1.29, 1.82) is 0 Å². The van der Waals surface area contributed by atoms with Crippen LogP contribution in [0.25, 0.3) is 0 Å². The number of aromatic nitrogens is 2. The molecule has 1 heterocycles. The standard InChI is InChI=1S/C16H10ClF3N4/c17-9-1-3-10(4-2-9)23-13-7-14(22-8-21-13)24-12-6-5-11(18)15(19)16(12)20/h1-8H,(H2,21,22,23,24). The molecule has 3 rings (SSSR count). The molecule has 0 saturated carbocycles. The zero-order valence-corrected chi connectivity index (χ0v) is 12.8. The first kappa shape index (κ1) is 16.1. The summed E-state index contributed by atoms with van der Waals surface area (Å²) >= 11 is 5.81. The van der Waals surface area contributed by atoms with Crippen molar-refractivity contribution in [2.24, 2.45) is 0 Å². The van der Waals surface area contributed by atoms with Crippen LogP contribution in [0.2, 0.25) is 5.02 Å². The SMILES string of the molecule is Fc1ccc(Nc2cc(Nc3ccc(Cl)cc3)ncn2)c(F)c1F. The Hall–Kier alpha value is -2.80. The average molecular weight is 351 g/mol. The zero-order chi connectivity index (χ0) is 17.1. The Morgan fingerprint density at radius 3 is 2.17 bits per heavy atom. The van der Waals surface area contributed by atoms with Gasteiger partial charge in [0.2, 0.25) is 0 Å². The summed E-state index contributed by atoms with van der Waals surface area (Å²) in [5.74, 6) is -3.48. The first-order valence-electron chi connectivity index (χ1n) is 6.78. The molecule has 0 bridgehead atoms. The third-order valence-corrected chi connectivity index (χ3v) is 3.33. The predicted molar refractivity (Wildman–Crippen MR) is 86.4 cm³/mol. The first-order valence-corrected chi connectivity index (χ1v) is 7.16. The van der Waals surface area contributed by atoms with Crippen molar-refractivity contribution in [2.75, 3.05) is 10.6 Å².